The summed E-state index contributed by atoms with van der Waals surface area (Å²) in [6.45, 7) is 2.02. The molecule has 0 saturated heterocycles. The van der Waals surface area contributed by atoms with Crippen molar-refractivity contribution in [3.63, 3.8) is 0 Å². The van der Waals surface area contributed by atoms with E-state index in [1.807, 2.05) is 0 Å². The Morgan fingerprint density at radius 2 is 2.50 bits per heavy atom. The minimum Gasteiger partial charge on any atom is -0.301 e. The molecule has 0 atom stereocenters. The van der Waals surface area contributed by atoms with E-state index >= 15 is 0 Å². The monoisotopic (exact) mass is 182 g/mol. The molecule has 0 bridgehead atoms. The van der Waals surface area contributed by atoms with E-state index in [4.69, 9.17) is 5.53 Å². The van der Waals surface area contributed by atoms with Gasteiger partial charge in [0.15, 0.2) is 0 Å². The number of aromatic nitrogens is 1. The van der Waals surface area contributed by atoms with Crippen LogP contribution in [0.25, 0.3) is 0 Å². The minimum absolute atomic E-state index is 0.593. The van der Waals surface area contributed by atoms with Gasteiger partial charge in [-0.15, -0.1) is 5.11 Å². The van der Waals surface area contributed by atoms with Crippen molar-refractivity contribution in [2.24, 2.45) is 5.11 Å². The van der Waals surface area contributed by atoms with E-state index in [0.29, 0.717) is 5.13 Å². The molecule has 4 nitrogen and oxygen atoms in total. The van der Waals surface area contributed by atoms with Gasteiger partial charge < -0.3 is 4.90 Å². The highest BCUT2D eigenvalue weighted by Crippen LogP contribution is 2.28. The lowest BCUT2D eigenvalue weighted by molar-refractivity contribution is 0.314. The molecule has 0 aromatic carbocycles. The Morgan fingerprint density at radius 3 is 3.25 bits per heavy atom. The van der Waals surface area contributed by atoms with Crippen molar-refractivity contribution < 1.29 is 0 Å². The van der Waals surface area contributed by atoms with E-state index in [-0.39, 0.29) is 0 Å². The zero-order chi connectivity index (χ0) is 8.55. The number of hydrogen-bond donors (Lipinski definition) is 1. The van der Waals surface area contributed by atoms with Crippen LogP contribution in [-0.4, -0.2) is 23.5 Å². The normalized spacial score (nSPS) is 17.4. The van der Waals surface area contributed by atoms with Crippen molar-refractivity contribution in [3.05, 3.63) is 10.6 Å². The third-order valence-electron chi connectivity index (χ3n) is 2.01. The van der Waals surface area contributed by atoms with Crippen molar-refractivity contribution in [2.75, 3.05) is 13.6 Å². The molecule has 1 aliphatic heterocycles. The Kier molecular flexibility index (Phi) is 1.90. The molecule has 0 amide bonds. The smallest absolute Gasteiger partial charge is 0.229 e. The molecular formula is C7H10N4S. The Morgan fingerprint density at radius 1 is 1.67 bits per heavy atom. The Balaban J connectivity index is 2.34. The summed E-state index contributed by atoms with van der Waals surface area (Å²) in [4.78, 5) is 7.77. The van der Waals surface area contributed by atoms with E-state index in [0.717, 1.165) is 25.2 Å². The highest BCUT2D eigenvalue weighted by molar-refractivity contribution is 7.15. The summed E-state index contributed by atoms with van der Waals surface area (Å²) < 4.78 is 0. The second-order valence-corrected chi connectivity index (χ2v) is 4.03. The van der Waals surface area contributed by atoms with Crippen LogP contribution in [0.1, 0.15) is 10.6 Å². The molecular weight excluding hydrogens is 172 g/mol. The molecule has 1 aliphatic rings. The fraction of sp³-hybridized carbons (Fsp3) is 0.571. The molecule has 0 spiro atoms. The third-order valence-corrected chi connectivity index (χ3v) is 2.98. The maximum Gasteiger partial charge on any atom is 0.229 e. The first-order valence-corrected chi connectivity index (χ1v) is 4.66. The van der Waals surface area contributed by atoms with E-state index in [9.17, 15) is 0 Å². The molecule has 2 rings (SSSR count). The van der Waals surface area contributed by atoms with Crippen molar-refractivity contribution in [1.82, 2.24) is 9.88 Å². The van der Waals surface area contributed by atoms with Gasteiger partial charge in [-0.05, 0) is 7.05 Å². The lowest BCUT2D eigenvalue weighted by atomic mass is 10.2. The summed E-state index contributed by atoms with van der Waals surface area (Å²) in [6, 6.07) is 0. The second kappa shape index (κ2) is 2.91. The summed E-state index contributed by atoms with van der Waals surface area (Å²) in [5.74, 6) is 0. The maximum atomic E-state index is 6.83. The number of thiazole rings is 1. The lowest BCUT2D eigenvalue weighted by Gasteiger charge is -2.20. The van der Waals surface area contributed by atoms with E-state index in [1.165, 1.54) is 16.2 Å². The fourth-order valence-electron chi connectivity index (χ4n) is 1.36. The number of likely N-dealkylation sites (N-methyl/N-ethyl adjacent to an activating group) is 1. The van der Waals surface area contributed by atoms with Gasteiger partial charge in [-0.1, -0.05) is 11.3 Å². The molecule has 0 aliphatic carbocycles. The molecule has 1 N–H and O–H groups in total. The molecule has 0 fully saturated rings. The minimum atomic E-state index is 0.593. The van der Waals surface area contributed by atoms with Crippen LogP contribution in [0.4, 0.5) is 5.13 Å². The largest absolute Gasteiger partial charge is 0.301 e. The van der Waals surface area contributed by atoms with Crippen LogP contribution in [0.15, 0.2) is 5.11 Å². The van der Waals surface area contributed by atoms with Gasteiger partial charge in [-0.3, -0.25) is 0 Å². The van der Waals surface area contributed by atoms with Crippen molar-refractivity contribution in [3.8, 4) is 0 Å². The van der Waals surface area contributed by atoms with Gasteiger partial charge in [0.2, 0.25) is 5.13 Å². The fourth-order valence-corrected chi connectivity index (χ4v) is 2.33. The van der Waals surface area contributed by atoms with Crippen LogP contribution < -0.4 is 0 Å². The molecule has 12 heavy (non-hydrogen) atoms. The van der Waals surface area contributed by atoms with Crippen LogP contribution in [0.2, 0.25) is 0 Å². The van der Waals surface area contributed by atoms with E-state index in [2.05, 4.69) is 22.0 Å². The quantitative estimate of drug-likeness (QED) is 0.673. The average molecular weight is 182 g/mol. The molecule has 2 heterocycles. The maximum absolute atomic E-state index is 6.83. The highest BCUT2D eigenvalue weighted by atomic mass is 32.1. The molecule has 0 saturated carbocycles. The topological polar surface area (TPSA) is 52.3 Å². The van der Waals surface area contributed by atoms with Gasteiger partial charge in [-0.25, -0.2) is 10.5 Å². The summed E-state index contributed by atoms with van der Waals surface area (Å²) in [7, 11) is 2.10. The molecule has 0 unspecified atom stereocenters. The number of fused-ring (bicyclic) bond motifs is 1. The predicted molar refractivity (Wildman–Crippen MR) is 47.0 cm³/mol. The Bertz CT molecular complexity index is 306. The lowest BCUT2D eigenvalue weighted by Crippen LogP contribution is -2.25. The first-order chi connectivity index (χ1) is 5.79. The Labute approximate surface area is 74.7 Å². The summed E-state index contributed by atoms with van der Waals surface area (Å²) >= 11 is 1.53. The second-order valence-electron chi connectivity index (χ2n) is 2.97. The first-order valence-electron chi connectivity index (χ1n) is 3.84. The Hall–Kier alpha value is -0.810. The van der Waals surface area contributed by atoms with Crippen LogP contribution in [0, 0.1) is 5.53 Å². The van der Waals surface area contributed by atoms with Crippen LogP contribution in [0.5, 0.6) is 0 Å². The summed E-state index contributed by atoms with van der Waals surface area (Å²) in [5.41, 5.74) is 7.98. The van der Waals surface area contributed by atoms with Gasteiger partial charge >= 0.3 is 0 Å². The molecule has 1 aromatic heterocycles. The van der Waals surface area contributed by atoms with E-state index in [1.54, 1.807) is 0 Å². The van der Waals surface area contributed by atoms with E-state index < -0.39 is 0 Å². The average Bonchev–Trinajstić information content (AvgIpc) is 2.46. The molecule has 5 heteroatoms. The number of hydrogen-bond acceptors (Lipinski definition) is 5. The zero-order valence-electron chi connectivity index (χ0n) is 6.87. The van der Waals surface area contributed by atoms with Crippen LogP contribution in [-0.2, 0) is 13.0 Å². The van der Waals surface area contributed by atoms with Gasteiger partial charge in [0.05, 0.1) is 5.69 Å². The van der Waals surface area contributed by atoms with Gasteiger partial charge in [0, 0.05) is 24.4 Å². The van der Waals surface area contributed by atoms with Gasteiger partial charge in [0.25, 0.3) is 0 Å². The molecule has 64 valence electrons. The van der Waals surface area contributed by atoms with Crippen LogP contribution >= 0.6 is 11.3 Å². The zero-order valence-corrected chi connectivity index (χ0v) is 7.69. The van der Waals surface area contributed by atoms with Crippen molar-refractivity contribution >= 4 is 16.5 Å². The number of nitrogens with one attached hydrogen (secondary N) is 1. The molecule has 1 aromatic rings. The third kappa shape index (κ3) is 1.25. The first kappa shape index (κ1) is 7.82. The number of nitrogens with zero attached hydrogens (tertiary/aromatic N) is 3. The SMILES string of the molecule is CN1CCc2nc(N=N)sc2C1. The van der Waals surface area contributed by atoms with Crippen molar-refractivity contribution in [2.45, 2.75) is 13.0 Å². The standard InChI is InChI=1S/C7H10N4S/c1-11-3-2-5-6(4-11)12-7(9-5)10-8/h8H,2-4H2,1H3. The highest BCUT2D eigenvalue weighted by Gasteiger charge is 2.17. The van der Waals surface area contributed by atoms with Crippen molar-refractivity contribution in [1.29, 1.82) is 5.53 Å². The van der Waals surface area contributed by atoms with Gasteiger partial charge in [-0.2, -0.15) is 0 Å². The number of rotatable bonds is 1. The summed E-state index contributed by atoms with van der Waals surface area (Å²) in [6.07, 6.45) is 0.998. The van der Waals surface area contributed by atoms with Gasteiger partial charge in [0.1, 0.15) is 0 Å². The molecule has 0 radical (unpaired) electrons. The predicted octanol–water partition coefficient (Wildman–Crippen LogP) is 1.79. The summed E-state index contributed by atoms with van der Waals surface area (Å²) in [5, 5.41) is 3.93. The van der Waals surface area contributed by atoms with Crippen LogP contribution in [0.3, 0.4) is 0 Å².